The first-order valence-corrected chi connectivity index (χ1v) is 5.65. The standard InChI is InChI=1S/C13H17F2NO2/c1-8(12(18)16-13(2,3)7-17)11-9(14)5-4-6-10(11)15/h4-6,8,17H,7H2,1-3H3,(H,16,18). The molecule has 2 N–H and O–H groups in total. The van der Waals surface area contributed by atoms with Crippen LogP contribution in [0.2, 0.25) is 0 Å². The Bertz CT molecular complexity index is 426. The van der Waals surface area contributed by atoms with E-state index in [1.165, 1.54) is 13.0 Å². The minimum absolute atomic E-state index is 0.259. The Balaban J connectivity index is 2.94. The van der Waals surface area contributed by atoms with Gasteiger partial charge in [0.25, 0.3) is 0 Å². The molecule has 0 aliphatic heterocycles. The van der Waals surface area contributed by atoms with E-state index in [2.05, 4.69) is 5.32 Å². The van der Waals surface area contributed by atoms with Crippen molar-refractivity contribution in [3.05, 3.63) is 35.4 Å². The molecule has 1 aromatic rings. The highest BCUT2D eigenvalue weighted by Crippen LogP contribution is 2.23. The van der Waals surface area contributed by atoms with Gasteiger partial charge in [-0.15, -0.1) is 0 Å². The van der Waals surface area contributed by atoms with Crippen molar-refractivity contribution in [3.63, 3.8) is 0 Å². The summed E-state index contributed by atoms with van der Waals surface area (Å²) in [6.07, 6.45) is 0. The number of amides is 1. The molecule has 1 unspecified atom stereocenters. The number of aliphatic hydroxyl groups is 1. The van der Waals surface area contributed by atoms with Crippen LogP contribution < -0.4 is 5.32 Å². The monoisotopic (exact) mass is 257 g/mol. The molecule has 0 spiro atoms. The van der Waals surface area contributed by atoms with Crippen molar-refractivity contribution < 1.29 is 18.7 Å². The normalized spacial score (nSPS) is 13.2. The van der Waals surface area contributed by atoms with E-state index in [1.54, 1.807) is 13.8 Å². The molecule has 0 aromatic heterocycles. The topological polar surface area (TPSA) is 49.3 Å². The lowest BCUT2D eigenvalue weighted by atomic mass is 9.97. The summed E-state index contributed by atoms with van der Waals surface area (Å²) >= 11 is 0. The Morgan fingerprint density at radius 2 is 1.89 bits per heavy atom. The van der Waals surface area contributed by atoms with Gasteiger partial charge in [0.15, 0.2) is 0 Å². The van der Waals surface area contributed by atoms with Gasteiger partial charge in [-0.25, -0.2) is 8.78 Å². The minimum Gasteiger partial charge on any atom is -0.394 e. The van der Waals surface area contributed by atoms with Crippen LogP contribution in [-0.2, 0) is 4.79 Å². The molecule has 3 nitrogen and oxygen atoms in total. The molecule has 100 valence electrons. The Morgan fingerprint density at radius 1 is 1.39 bits per heavy atom. The number of carbonyl (C=O) groups excluding carboxylic acids is 1. The lowest BCUT2D eigenvalue weighted by molar-refractivity contribution is -0.124. The molecule has 0 aliphatic rings. The Kier molecular flexibility index (Phi) is 4.40. The van der Waals surface area contributed by atoms with Crippen LogP contribution in [-0.4, -0.2) is 23.2 Å². The van der Waals surface area contributed by atoms with E-state index in [-0.39, 0.29) is 12.2 Å². The van der Waals surface area contributed by atoms with Crippen molar-refractivity contribution in [3.8, 4) is 0 Å². The number of hydrogen-bond donors (Lipinski definition) is 2. The SMILES string of the molecule is CC(C(=O)NC(C)(C)CO)c1c(F)cccc1F. The molecular formula is C13H17F2NO2. The Labute approximate surface area is 105 Å². The molecule has 18 heavy (non-hydrogen) atoms. The van der Waals surface area contributed by atoms with Crippen LogP contribution in [0.4, 0.5) is 8.78 Å². The molecule has 1 rings (SSSR count). The number of aliphatic hydroxyl groups excluding tert-OH is 1. The van der Waals surface area contributed by atoms with Gasteiger partial charge in [0.05, 0.1) is 18.1 Å². The van der Waals surface area contributed by atoms with Crippen molar-refractivity contribution in [1.82, 2.24) is 5.32 Å². The molecule has 0 heterocycles. The molecule has 5 heteroatoms. The number of rotatable bonds is 4. The largest absolute Gasteiger partial charge is 0.394 e. The molecule has 0 bridgehead atoms. The molecule has 1 aromatic carbocycles. The third-order valence-corrected chi connectivity index (χ3v) is 2.68. The molecule has 0 saturated carbocycles. The van der Waals surface area contributed by atoms with Gasteiger partial charge in [-0.05, 0) is 32.9 Å². The maximum atomic E-state index is 13.5. The van der Waals surface area contributed by atoms with Crippen LogP contribution in [0.1, 0.15) is 32.3 Å². The van der Waals surface area contributed by atoms with Crippen LogP contribution in [0.15, 0.2) is 18.2 Å². The zero-order valence-corrected chi connectivity index (χ0v) is 10.6. The predicted molar refractivity (Wildman–Crippen MR) is 64.1 cm³/mol. The van der Waals surface area contributed by atoms with Crippen molar-refractivity contribution >= 4 is 5.91 Å². The van der Waals surface area contributed by atoms with Gasteiger partial charge < -0.3 is 10.4 Å². The first kappa shape index (κ1) is 14.6. The van der Waals surface area contributed by atoms with Crippen LogP contribution in [0.3, 0.4) is 0 Å². The van der Waals surface area contributed by atoms with Crippen LogP contribution in [0.5, 0.6) is 0 Å². The van der Waals surface area contributed by atoms with Gasteiger partial charge in [0, 0.05) is 5.56 Å². The molecule has 0 aliphatic carbocycles. The summed E-state index contributed by atoms with van der Waals surface area (Å²) < 4.78 is 27.0. The van der Waals surface area contributed by atoms with E-state index in [9.17, 15) is 13.6 Å². The Morgan fingerprint density at radius 3 is 2.33 bits per heavy atom. The molecule has 0 radical (unpaired) electrons. The van der Waals surface area contributed by atoms with Crippen molar-refractivity contribution in [2.75, 3.05) is 6.61 Å². The highest BCUT2D eigenvalue weighted by atomic mass is 19.1. The van der Waals surface area contributed by atoms with Gasteiger partial charge >= 0.3 is 0 Å². The van der Waals surface area contributed by atoms with Crippen LogP contribution in [0, 0.1) is 11.6 Å². The van der Waals surface area contributed by atoms with E-state index in [0.29, 0.717) is 0 Å². The Hall–Kier alpha value is -1.49. The van der Waals surface area contributed by atoms with Gasteiger partial charge in [-0.3, -0.25) is 4.79 Å². The number of benzene rings is 1. The summed E-state index contributed by atoms with van der Waals surface area (Å²) in [4.78, 5) is 11.9. The summed E-state index contributed by atoms with van der Waals surface area (Å²) in [7, 11) is 0. The average molecular weight is 257 g/mol. The predicted octanol–water partition coefficient (Wildman–Crippen LogP) is 1.96. The van der Waals surface area contributed by atoms with Gasteiger partial charge in [0.1, 0.15) is 11.6 Å². The third kappa shape index (κ3) is 3.26. The average Bonchev–Trinajstić information content (AvgIpc) is 2.28. The number of nitrogens with one attached hydrogen (secondary N) is 1. The maximum absolute atomic E-state index is 13.5. The van der Waals surface area contributed by atoms with Crippen LogP contribution in [0.25, 0.3) is 0 Å². The molecule has 1 atom stereocenters. The first-order valence-electron chi connectivity index (χ1n) is 5.65. The molecular weight excluding hydrogens is 240 g/mol. The fraction of sp³-hybridized carbons (Fsp3) is 0.462. The van der Waals surface area contributed by atoms with E-state index < -0.39 is 29.0 Å². The van der Waals surface area contributed by atoms with Crippen molar-refractivity contribution in [2.45, 2.75) is 32.2 Å². The quantitative estimate of drug-likeness (QED) is 0.866. The van der Waals surface area contributed by atoms with Crippen LogP contribution >= 0.6 is 0 Å². The number of carbonyl (C=O) groups is 1. The summed E-state index contributed by atoms with van der Waals surface area (Å²) in [5.74, 6) is -2.99. The van der Waals surface area contributed by atoms with Gasteiger partial charge in [-0.2, -0.15) is 0 Å². The van der Waals surface area contributed by atoms with E-state index in [1.807, 2.05) is 0 Å². The smallest absolute Gasteiger partial charge is 0.227 e. The lowest BCUT2D eigenvalue weighted by Gasteiger charge is -2.25. The van der Waals surface area contributed by atoms with Gasteiger partial charge in [-0.1, -0.05) is 6.07 Å². The summed E-state index contributed by atoms with van der Waals surface area (Å²) in [5.41, 5.74) is -1.09. The molecule has 0 fully saturated rings. The highest BCUT2D eigenvalue weighted by molar-refractivity contribution is 5.84. The molecule has 0 saturated heterocycles. The zero-order chi connectivity index (χ0) is 13.9. The second kappa shape index (κ2) is 5.44. The minimum atomic E-state index is -0.961. The van der Waals surface area contributed by atoms with E-state index in [0.717, 1.165) is 12.1 Å². The number of halogens is 2. The zero-order valence-electron chi connectivity index (χ0n) is 10.6. The van der Waals surface area contributed by atoms with Crippen molar-refractivity contribution in [1.29, 1.82) is 0 Å². The lowest BCUT2D eigenvalue weighted by Crippen LogP contribution is -2.47. The third-order valence-electron chi connectivity index (χ3n) is 2.68. The number of hydrogen-bond acceptors (Lipinski definition) is 2. The highest BCUT2D eigenvalue weighted by Gasteiger charge is 2.27. The van der Waals surface area contributed by atoms with E-state index in [4.69, 9.17) is 5.11 Å². The van der Waals surface area contributed by atoms with E-state index >= 15 is 0 Å². The fourth-order valence-corrected chi connectivity index (χ4v) is 1.54. The fourth-order valence-electron chi connectivity index (χ4n) is 1.54. The van der Waals surface area contributed by atoms with Gasteiger partial charge in [0.2, 0.25) is 5.91 Å². The van der Waals surface area contributed by atoms with Crippen molar-refractivity contribution in [2.24, 2.45) is 0 Å². The summed E-state index contributed by atoms with van der Waals surface area (Å²) in [6, 6.07) is 3.47. The second-order valence-corrected chi connectivity index (χ2v) is 4.89. The summed E-state index contributed by atoms with van der Waals surface area (Å²) in [6.45, 7) is 4.40. The summed E-state index contributed by atoms with van der Waals surface area (Å²) in [5, 5.41) is 11.6. The molecule has 1 amide bonds. The maximum Gasteiger partial charge on any atom is 0.227 e. The first-order chi connectivity index (χ1) is 8.28. The second-order valence-electron chi connectivity index (χ2n) is 4.89.